The highest BCUT2D eigenvalue weighted by molar-refractivity contribution is 6.31. The molecule has 1 rings (SSSR count). The largest absolute Gasteiger partial charge is 0.469 e. The Balaban J connectivity index is 2.30. The summed E-state index contributed by atoms with van der Waals surface area (Å²) in [5.74, 6) is -0.411. The summed E-state index contributed by atoms with van der Waals surface area (Å²) in [5.41, 5.74) is 2.05. The molecule has 0 atom stereocenters. The van der Waals surface area contributed by atoms with E-state index in [4.69, 9.17) is 11.6 Å². The van der Waals surface area contributed by atoms with Crippen molar-refractivity contribution in [1.29, 1.82) is 0 Å². The van der Waals surface area contributed by atoms with Gasteiger partial charge in [0.1, 0.15) is 0 Å². The Kier molecular flexibility index (Phi) is 6.36. The van der Waals surface area contributed by atoms with E-state index in [0.29, 0.717) is 24.4 Å². The topological polar surface area (TPSA) is 55.4 Å². The molecular formula is C14H18ClNO3. The van der Waals surface area contributed by atoms with Gasteiger partial charge in [0.15, 0.2) is 0 Å². The van der Waals surface area contributed by atoms with E-state index in [-0.39, 0.29) is 18.3 Å². The van der Waals surface area contributed by atoms with E-state index in [1.807, 2.05) is 25.1 Å². The fourth-order valence-corrected chi connectivity index (χ4v) is 1.75. The van der Waals surface area contributed by atoms with Crippen LogP contribution in [0.15, 0.2) is 18.2 Å². The highest BCUT2D eigenvalue weighted by atomic mass is 35.5. The number of esters is 1. The molecule has 1 aromatic carbocycles. The van der Waals surface area contributed by atoms with Crippen LogP contribution in [0.4, 0.5) is 0 Å². The lowest BCUT2D eigenvalue weighted by Crippen LogP contribution is -2.26. The van der Waals surface area contributed by atoms with E-state index >= 15 is 0 Å². The Bertz CT molecular complexity index is 460. The van der Waals surface area contributed by atoms with Gasteiger partial charge in [0, 0.05) is 18.0 Å². The standard InChI is InChI=1S/C14H18ClNO3/c1-10-3-4-11(9-12(10)15)5-6-13(17)16-8-7-14(18)19-2/h3-4,9H,5-8H2,1-2H3,(H,16,17). The summed E-state index contributed by atoms with van der Waals surface area (Å²) < 4.78 is 4.48. The molecule has 0 aliphatic rings. The van der Waals surface area contributed by atoms with Crippen LogP contribution in [-0.2, 0) is 20.7 Å². The molecule has 0 radical (unpaired) electrons. The maximum atomic E-state index is 11.5. The molecule has 0 fully saturated rings. The van der Waals surface area contributed by atoms with E-state index in [0.717, 1.165) is 11.1 Å². The van der Waals surface area contributed by atoms with Crippen LogP contribution in [0.3, 0.4) is 0 Å². The Labute approximate surface area is 118 Å². The number of hydrogen-bond donors (Lipinski definition) is 1. The Hall–Kier alpha value is -1.55. The second-order valence-electron chi connectivity index (χ2n) is 4.26. The first-order valence-corrected chi connectivity index (χ1v) is 6.49. The quantitative estimate of drug-likeness (QED) is 0.815. The van der Waals surface area contributed by atoms with E-state index in [1.165, 1.54) is 7.11 Å². The van der Waals surface area contributed by atoms with Gasteiger partial charge in [-0.2, -0.15) is 0 Å². The molecule has 0 spiro atoms. The Morgan fingerprint density at radius 2 is 2.05 bits per heavy atom. The van der Waals surface area contributed by atoms with E-state index in [2.05, 4.69) is 10.1 Å². The van der Waals surface area contributed by atoms with Crippen molar-refractivity contribution in [2.75, 3.05) is 13.7 Å². The molecule has 19 heavy (non-hydrogen) atoms. The van der Waals surface area contributed by atoms with Crippen molar-refractivity contribution in [2.45, 2.75) is 26.2 Å². The van der Waals surface area contributed by atoms with Gasteiger partial charge in [-0.05, 0) is 30.5 Å². The average Bonchev–Trinajstić information content (AvgIpc) is 2.40. The molecule has 0 saturated carbocycles. The van der Waals surface area contributed by atoms with Crippen molar-refractivity contribution in [1.82, 2.24) is 5.32 Å². The number of methoxy groups -OCH3 is 1. The number of benzene rings is 1. The number of halogens is 1. The van der Waals surface area contributed by atoms with E-state index < -0.39 is 0 Å². The molecule has 5 heteroatoms. The van der Waals surface area contributed by atoms with E-state index in [9.17, 15) is 9.59 Å². The molecule has 0 unspecified atom stereocenters. The molecule has 0 aromatic heterocycles. The molecule has 4 nitrogen and oxygen atoms in total. The SMILES string of the molecule is COC(=O)CCNC(=O)CCc1ccc(C)c(Cl)c1. The summed E-state index contributed by atoms with van der Waals surface area (Å²) in [5, 5.41) is 3.38. The highest BCUT2D eigenvalue weighted by Gasteiger charge is 2.05. The predicted octanol–water partition coefficient (Wildman–Crippen LogP) is 2.26. The van der Waals surface area contributed by atoms with Crippen molar-refractivity contribution in [3.8, 4) is 0 Å². The monoisotopic (exact) mass is 283 g/mol. The van der Waals surface area contributed by atoms with Crippen LogP contribution >= 0.6 is 11.6 Å². The molecule has 1 N–H and O–H groups in total. The number of amides is 1. The van der Waals surface area contributed by atoms with Gasteiger partial charge < -0.3 is 10.1 Å². The highest BCUT2D eigenvalue weighted by Crippen LogP contribution is 2.17. The second-order valence-corrected chi connectivity index (χ2v) is 4.67. The molecule has 1 aromatic rings. The molecule has 0 saturated heterocycles. The third-order valence-electron chi connectivity index (χ3n) is 2.76. The molecule has 0 aliphatic heterocycles. The fraction of sp³-hybridized carbons (Fsp3) is 0.429. The Morgan fingerprint density at radius 3 is 2.68 bits per heavy atom. The number of carbonyl (C=O) groups excluding carboxylic acids is 2. The fourth-order valence-electron chi connectivity index (χ4n) is 1.54. The third-order valence-corrected chi connectivity index (χ3v) is 3.16. The van der Waals surface area contributed by atoms with Crippen LogP contribution < -0.4 is 5.32 Å². The number of carbonyl (C=O) groups is 2. The summed E-state index contributed by atoms with van der Waals surface area (Å²) in [4.78, 5) is 22.4. The Morgan fingerprint density at radius 1 is 1.32 bits per heavy atom. The van der Waals surface area contributed by atoms with Gasteiger partial charge >= 0.3 is 5.97 Å². The van der Waals surface area contributed by atoms with Crippen LogP contribution in [0.2, 0.25) is 5.02 Å². The first kappa shape index (κ1) is 15.5. The van der Waals surface area contributed by atoms with Crippen LogP contribution in [0.5, 0.6) is 0 Å². The van der Waals surface area contributed by atoms with E-state index in [1.54, 1.807) is 0 Å². The molecule has 104 valence electrons. The van der Waals surface area contributed by atoms with Gasteiger partial charge in [-0.25, -0.2) is 0 Å². The number of nitrogens with one attached hydrogen (secondary N) is 1. The maximum absolute atomic E-state index is 11.5. The van der Waals surface area contributed by atoms with Crippen molar-refractivity contribution in [3.63, 3.8) is 0 Å². The van der Waals surface area contributed by atoms with Crippen LogP contribution in [0.25, 0.3) is 0 Å². The smallest absolute Gasteiger partial charge is 0.307 e. The average molecular weight is 284 g/mol. The summed E-state index contributed by atoms with van der Waals surface area (Å²) in [6.07, 6.45) is 1.20. The molecular weight excluding hydrogens is 266 g/mol. The minimum Gasteiger partial charge on any atom is -0.469 e. The lowest BCUT2D eigenvalue weighted by molar-refractivity contribution is -0.140. The summed E-state index contributed by atoms with van der Waals surface area (Å²) >= 11 is 6.01. The van der Waals surface area contributed by atoms with Crippen molar-refractivity contribution < 1.29 is 14.3 Å². The normalized spacial score (nSPS) is 10.1. The summed E-state index contributed by atoms with van der Waals surface area (Å²) in [6, 6.07) is 5.77. The molecule has 0 heterocycles. The first-order valence-electron chi connectivity index (χ1n) is 6.11. The lowest BCUT2D eigenvalue weighted by atomic mass is 10.1. The maximum Gasteiger partial charge on any atom is 0.307 e. The number of ether oxygens (including phenoxy) is 1. The first-order chi connectivity index (χ1) is 9.02. The second kappa shape index (κ2) is 7.79. The summed E-state index contributed by atoms with van der Waals surface area (Å²) in [6.45, 7) is 2.24. The summed E-state index contributed by atoms with van der Waals surface area (Å²) in [7, 11) is 1.32. The van der Waals surface area contributed by atoms with Crippen LogP contribution in [0.1, 0.15) is 24.0 Å². The number of rotatable bonds is 6. The van der Waals surface area contributed by atoms with Gasteiger partial charge in [-0.1, -0.05) is 23.7 Å². The van der Waals surface area contributed by atoms with Gasteiger partial charge in [-0.3, -0.25) is 9.59 Å². The van der Waals surface area contributed by atoms with Gasteiger partial charge in [0.2, 0.25) is 5.91 Å². The van der Waals surface area contributed by atoms with Crippen molar-refractivity contribution in [2.24, 2.45) is 0 Å². The van der Waals surface area contributed by atoms with Gasteiger partial charge in [-0.15, -0.1) is 0 Å². The minimum absolute atomic E-state index is 0.0828. The zero-order chi connectivity index (χ0) is 14.3. The lowest BCUT2D eigenvalue weighted by Gasteiger charge is -2.06. The zero-order valence-electron chi connectivity index (χ0n) is 11.2. The molecule has 0 aliphatic carbocycles. The van der Waals surface area contributed by atoms with Crippen molar-refractivity contribution in [3.05, 3.63) is 34.3 Å². The minimum atomic E-state index is -0.328. The zero-order valence-corrected chi connectivity index (χ0v) is 11.9. The third kappa shape index (κ3) is 5.75. The van der Waals surface area contributed by atoms with Crippen LogP contribution in [0, 0.1) is 6.92 Å². The predicted molar refractivity (Wildman–Crippen MR) is 74.2 cm³/mol. The van der Waals surface area contributed by atoms with Crippen LogP contribution in [-0.4, -0.2) is 25.5 Å². The van der Waals surface area contributed by atoms with Crippen molar-refractivity contribution >= 4 is 23.5 Å². The van der Waals surface area contributed by atoms with Gasteiger partial charge in [0.25, 0.3) is 0 Å². The molecule has 0 bridgehead atoms. The number of aryl methyl sites for hydroxylation is 2. The number of hydrogen-bond acceptors (Lipinski definition) is 3. The molecule has 1 amide bonds. The van der Waals surface area contributed by atoms with Gasteiger partial charge in [0.05, 0.1) is 13.5 Å².